The third kappa shape index (κ3) is 2.88. The standard InChI is InChI=1S/C21H22FN3O2/c1-12-7-17(21(27)11-24-15-5-6-19(24)20(26)9-15)13(2)25(12)16-4-3-14(10-23)18(22)8-16/h3-4,7-8,15,19-20,26H,5-6,9,11H2,1-2H3/t15?,19?,20-/m1/s1. The number of halogens is 1. The molecule has 6 heteroatoms. The molecule has 2 aliphatic heterocycles. The van der Waals surface area contributed by atoms with Crippen molar-refractivity contribution in [2.24, 2.45) is 0 Å². The van der Waals surface area contributed by atoms with Crippen LogP contribution in [-0.4, -0.2) is 45.1 Å². The first-order valence-electron chi connectivity index (χ1n) is 9.26. The SMILES string of the molecule is Cc1cc(C(=O)CN2C3CCC2[C@H](O)C3)c(C)n1-c1ccc(C#N)c(F)c1. The van der Waals surface area contributed by atoms with Gasteiger partial charge < -0.3 is 9.67 Å². The normalized spacial score (nSPS) is 24.3. The summed E-state index contributed by atoms with van der Waals surface area (Å²) in [6.07, 6.45) is 2.41. The van der Waals surface area contributed by atoms with Crippen LogP contribution in [0, 0.1) is 31.0 Å². The van der Waals surface area contributed by atoms with Crippen LogP contribution in [-0.2, 0) is 0 Å². The molecule has 2 saturated heterocycles. The van der Waals surface area contributed by atoms with Gasteiger partial charge >= 0.3 is 0 Å². The van der Waals surface area contributed by atoms with E-state index in [1.165, 1.54) is 12.1 Å². The van der Waals surface area contributed by atoms with Gasteiger partial charge in [0.15, 0.2) is 5.78 Å². The van der Waals surface area contributed by atoms with Gasteiger partial charge in [-0.05, 0) is 57.4 Å². The van der Waals surface area contributed by atoms with Gasteiger partial charge in [0.2, 0.25) is 0 Å². The molecule has 0 aliphatic carbocycles. The number of hydrogen-bond acceptors (Lipinski definition) is 4. The molecule has 2 aliphatic rings. The van der Waals surface area contributed by atoms with E-state index in [-0.39, 0.29) is 23.5 Å². The van der Waals surface area contributed by atoms with Crippen LogP contribution in [0.1, 0.15) is 46.6 Å². The van der Waals surface area contributed by atoms with Crippen LogP contribution in [0.4, 0.5) is 4.39 Å². The monoisotopic (exact) mass is 367 g/mol. The molecule has 1 aromatic carbocycles. The van der Waals surface area contributed by atoms with Crippen molar-refractivity contribution in [3.63, 3.8) is 0 Å². The Hall–Kier alpha value is -2.49. The van der Waals surface area contributed by atoms with Crippen molar-refractivity contribution in [2.45, 2.75) is 51.3 Å². The van der Waals surface area contributed by atoms with Crippen LogP contribution in [0.5, 0.6) is 0 Å². The highest BCUT2D eigenvalue weighted by Crippen LogP contribution is 2.37. The van der Waals surface area contributed by atoms with Gasteiger partial charge in [0.05, 0.1) is 18.2 Å². The molecule has 0 saturated carbocycles. The molecule has 5 nitrogen and oxygen atoms in total. The summed E-state index contributed by atoms with van der Waals surface area (Å²) in [6, 6.07) is 8.51. The highest BCUT2D eigenvalue weighted by molar-refractivity contribution is 5.99. The topological polar surface area (TPSA) is 69.3 Å². The number of benzene rings is 1. The van der Waals surface area contributed by atoms with Gasteiger partial charge in [0.1, 0.15) is 11.9 Å². The second-order valence-corrected chi connectivity index (χ2v) is 7.59. The summed E-state index contributed by atoms with van der Waals surface area (Å²) in [5.41, 5.74) is 2.81. The minimum Gasteiger partial charge on any atom is -0.391 e. The van der Waals surface area contributed by atoms with Crippen LogP contribution in [0.2, 0.25) is 0 Å². The van der Waals surface area contributed by atoms with Gasteiger partial charge in [-0.2, -0.15) is 5.26 Å². The quantitative estimate of drug-likeness (QED) is 0.844. The fourth-order valence-corrected chi connectivity index (χ4v) is 4.74. The number of nitrogens with zero attached hydrogens (tertiary/aromatic N) is 3. The Morgan fingerprint density at radius 3 is 2.70 bits per heavy atom. The van der Waals surface area contributed by atoms with Gasteiger partial charge in [-0.1, -0.05) is 0 Å². The molecular weight excluding hydrogens is 345 g/mol. The summed E-state index contributed by atoms with van der Waals surface area (Å²) in [4.78, 5) is 15.1. The van der Waals surface area contributed by atoms with Gasteiger partial charge in [0.25, 0.3) is 0 Å². The summed E-state index contributed by atoms with van der Waals surface area (Å²) < 4.78 is 15.9. The van der Waals surface area contributed by atoms with E-state index in [9.17, 15) is 14.3 Å². The summed E-state index contributed by atoms with van der Waals surface area (Å²) in [6.45, 7) is 4.03. The number of ketones is 1. The van der Waals surface area contributed by atoms with Crippen molar-refractivity contribution in [3.8, 4) is 11.8 Å². The number of aryl methyl sites for hydroxylation is 1. The Kier molecular flexibility index (Phi) is 4.37. The number of aliphatic hydroxyl groups is 1. The zero-order valence-electron chi connectivity index (χ0n) is 15.4. The molecule has 140 valence electrons. The molecule has 2 bridgehead atoms. The number of carbonyl (C=O) groups is 1. The molecular formula is C21H22FN3O2. The van der Waals surface area contributed by atoms with Crippen molar-refractivity contribution in [3.05, 3.63) is 52.6 Å². The van der Waals surface area contributed by atoms with E-state index in [2.05, 4.69) is 4.90 Å². The third-order valence-electron chi connectivity index (χ3n) is 6.04. The Labute approximate surface area is 157 Å². The van der Waals surface area contributed by atoms with Gasteiger partial charge in [-0.15, -0.1) is 0 Å². The molecule has 1 N–H and O–H groups in total. The Balaban J connectivity index is 1.62. The molecule has 2 aromatic rings. The first-order chi connectivity index (χ1) is 12.9. The van der Waals surface area contributed by atoms with Crippen LogP contribution in [0.3, 0.4) is 0 Å². The minimum atomic E-state index is -0.571. The second-order valence-electron chi connectivity index (χ2n) is 7.59. The first kappa shape index (κ1) is 17.9. The predicted molar refractivity (Wildman–Crippen MR) is 98.4 cm³/mol. The number of aromatic nitrogens is 1. The number of nitriles is 1. The van der Waals surface area contributed by atoms with Crippen molar-refractivity contribution < 1.29 is 14.3 Å². The maximum absolute atomic E-state index is 14.0. The lowest BCUT2D eigenvalue weighted by Gasteiger charge is -2.21. The predicted octanol–water partition coefficient (Wildman–Crippen LogP) is 2.89. The largest absolute Gasteiger partial charge is 0.391 e. The minimum absolute atomic E-state index is 0.000536. The van der Waals surface area contributed by atoms with Crippen LogP contribution in [0.25, 0.3) is 5.69 Å². The fourth-order valence-electron chi connectivity index (χ4n) is 4.74. The van der Waals surface area contributed by atoms with Gasteiger partial charge in [-0.25, -0.2) is 4.39 Å². The number of Topliss-reactive ketones (excluding diaryl/α,β-unsaturated/α-hetero) is 1. The van der Waals surface area contributed by atoms with Gasteiger partial charge in [-0.3, -0.25) is 9.69 Å². The molecule has 2 unspecified atom stereocenters. The van der Waals surface area contributed by atoms with E-state index in [1.807, 2.05) is 30.6 Å². The first-order valence-corrected chi connectivity index (χ1v) is 9.26. The molecule has 27 heavy (non-hydrogen) atoms. The van der Waals surface area contributed by atoms with E-state index < -0.39 is 5.82 Å². The lowest BCUT2D eigenvalue weighted by atomic mass is 9.98. The highest BCUT2D eigenvalue weighted by atomic mass is 19.1. The van der Waals surface area contributed by atoms with Crippen LogP contribution in [0.15, 0.2) is 24.3 Å². The van der Waals surface area contributed by atoms with E-state index >= 15 is 0 Å². The Morgan fingerprint density at radius 1 is 1.33 bits per heavy atom. The molecule has 3 atom stereocenters. The summed E-state index contributed by atoms with van der Waals surface area (Å²) >= 11 is 0. The summed E-state index contributed by atoms with van der Waals surface area (Å²) in [7, 11) is 0. The van der Waals surface area contributed by atoms with Crippen molar-refractivity contribution >= 4 is 5.78 Å². The fraction of sp³-hybridized carbons (Fsp3) is 0.429. The van der Waals surface area contributed by atoms with Crippen molar-refractivity contribution in [1.29, 1.82) is 5.26 Å². The Morgan fingerprint density at radius 2 is 2.11 bits per heavy atom. The molecule has 3 heterocycles. The smallest absolute Gasteiger partial charge is 0.178 e. The number of hydrogen-bond donors (Lipinski definition) is 1. The molecule has 2 fully saturated rings. The maximum atomic E-state index is 14.0. The molecule has 0 amide bonds. The molecule has 4 rings (SSSR count). The van der Waals surface area contributed by atoms with Gasteiger partial charge in [0, 0.05) is 34.7 Å². The molecule has 0 spiro atoms. The lowest BCUT2D eigenvalue weighted by molar-refractivity contribution is 0.0873. The van der Waals surface area contributed by atoms with E-state index in [4.69, 9.17) is 5.26 Å². The molecule has 0 radical (unpaired) electrons. The average Bonchev–Trinajstić information content (AvgIpc) is 3.25. The third-order valence-corrected chi connectivity index (χ3v) is 6.04. The van der Waals surface area contributed by atoms with Crippen molar-refractivity contribution in [2.75, 3.05) is 6.54 Å². The van der Waals surface area contributed by atoms with E-state index in [0.717, 1.165) is 30.7 Å². The van der Waals surface area contributed by atoms with E-state index in [1.54, 1.807) is 6.07 Å². The van der Waals surface area contributed by atoms with E-state index in [0.29, 0.717) is 23.8 Å². The second kappa shape index (κ2) is 6.59. The number of rotatable bonds is 4. The summed E-state index contributed by atoms with van der Waals surface area (Å²) in [5, 5.41) is 19.0. The van der Waals surface area contributed by atoms with Crippen LogP contribution >= 0.6 is 0 Å². The van der Waals surface area contributed by atoms with Crippen molar-refractivity contribution in [1.82, 2.24) is 9.47 Å². The zero-order valence-corrected chi connectivity index (χ0v) is 15.4. The Bertz CT molecular complexity index is 959. The average molecular weight is 367 g/mol. The van der Waals surface area contributed by atoms with Crippen LogP contribution < -0.4 is 0 Å². The number of carbonyl (C=O) groups excluding carboxylic acids is 1. The lowest BCUT2D eigenvalue weighted by Crippen LogP contribution is -2.36. The highest BCUT2D eigenvalue weighted by Gasteiger charge is 2.46. The number of fused-ring (bicyclic) bond motifs is 2. The number of aliphatic hydroxyl groups excluding tert-OH is 1. The molecule has 1 aromatic heterocycles. The summed E-state index contributed by atoms with van der Waals surface area (Å²) in [5.74, 6) is -0.549. The zero-order chi connectivity index (χ0) is 19.3. The maximum Gasteiger partial charge on any atom is 0.178 e.